The van der Waals surface area contributed by atoms with E-state index in [9.17, 15) is 9.59 Å². The second-order valence-corrected chi connectivity index (χ2v) is 5.36. The maximum atomic E-state index is 12.0. The van der Waals surface area contributed by atoms with Crippen LogP contribution in [0.25, 0.3) is 0 Å². The normalized spacial score (nSPS) is 23.2. The Kier molecular flexibility index (Phi) is 5.68. The fourth-order valence-electron chi connectivity index (χ4n) is 1.95. The molecule has 1 fully saturated rings. The third-order valence-electron chi connectivity index (χ3n) is 2.68. The van der Waals surface area contributed by atoms with Gasteiger partial charge in [-0.25, -0.2) is 4.79 Å². The molecule has 0 spiro atoms. The van der Waals surface area contributed by atoms with Crippen molar-refractivity contribution in [2.24, 2.45) is 0 Å². The zero-order valence-corrected chi connectivity index (χ0v) is 11.7. The van der Waals surface area contributed by atoms with Crippen molar-refractivity contribution < 1.29 is 14.3 Å². The highest BCUT2D eigenvalue weighted by Crippen LogP contribution is 2.23. The fraction of sp³-hybridized carbons (Fsp3) is 0.667. The number of rotatable bonds is 5. The third kappa shape index (κ3) is 4.03. The molecule has 0 saturated carbocycles. The van der Waals surface area contributed by atoms with E-state index in [0.29, 0.717) is 19.5 Å². The summed E-state index contributed by atoms with van der Waals surface area (Å²) in [4.78, 5) is 27.1. The van der Waals surface area contributed by atoms with Crippen molar-refractivity contribution >= 4 is 24.5 Å². The SMILES string of the molecule is C=CCOC(=O)N1C[C@@H](S)C[C@H]1C(=O)CN(C)C. The minimum Gasteiger partial charge on any atom is -0.445 e. The first-order valence-corrected chi connectivity index (χ1v) is 6.37. The molecule has 0 aromatic rings. The van der Waals surface area contributed by atoms with Gasteiger partial charge in [0, 0.05) is 11.8 Å². The van der Waals surface area contributed by atoms with Crippen LogP contribution in [0.4, 0.5) is 4.79 Å². The van der Waals surface area contributed by atoms with E-state index in [4.69, 9.17) is 4.74 Å². The molecule has 1 amide bonds. The highest BCUT2D eigenvalue weighted by Gasteiger charge is 2.38. The molecule has 0 aromatic carbocycles. The van der Waals surface area contributed by atoms with E-state index < -0.39 is 12.1 Å². The lowest BCUT2D eigenvalue weighted by Crippen LogP contribution is -2.44. The zero-order valence-electron chi connectivity index (χ0n) is 10.8. The number of ether oxygens (including phenoxy) is 1. The Morgan fingerprint density at radius 1 is 1.56 bits per heavy atom. The molecule has 0 radical (unpaired) electrons. The number of Topliss-reactive ketones (excluding diaryl/α,β-unsaturated/α-hetero) is 1. The lowest BCUT2D eigenvalue weighted by Gasteiger charge is -2.23. The van der Waals surface area contributed by atoms with Crippen LogP contribution >= 0.6 is 12.6 Å². The van der Waals surface area contributed by atoms with Gasteiger partial charge in [0.1, 0.15) is 6.61 Å². The molecule has 1 aliphatic rings. The van der Waals surface area contributed by atoms with Gasteiger partial charge in [-0.2, -0.15) is 12.6 Å². The number of nitrogens with zero attached hydrogens (tertiary/aromatic N) is 2. The molecular weight excluding hydrogens is 252 g/mol. The van der Waals surface area contributed by atoms with E-state index in [1.807, 2.05) is 14.1 Å². The zero-order chi connectivity index (χ0) is 13.7. The standard InChI is InChI=1S/C12H20N2O3S/c1-4-5-17-12(16)14-7-9(18)6-10(14)11(15)8-13(2)3/h4,9-10,18H,1,5-8H2,2-3H3/t9-,10-/m0/s1. The quantitative estimate of drug-likeness (QED) is 0.594. The number of likely N-dealkylation sites (N-methyl/N-ethyl adjacent to an activating group) is 1. The average Bonchev–Trinajstić information content (AvgIpc) is 2.67. The van der Waals surface area contributed by atoms with Crippen LogP contribution in [0.3, 0.4) is 0 Å². The van der Waals surface area contributed by atoms with E-state index >= 15 is 0 Å². The smallest absolute Gasteiger partial charge is 0.410 e. The maximum Gasteiger partial charge on any atom is 0.410 e. The van der Waals surface area contributed by atoms with Gasteiger partial charge in [-0.05, 0) is 20.5 Å². The molecule has 5 nitrogen and oxygen atoms in total. The first-order valence-electron chi connectivity index (χ1n) is 5.85. The summed E-state index contributed by atoms with van der Waals surface area (Å²) < 4.78 is 4.98. The van der Waals surface area contributed by atoms with Crippen molar-refractivity contribution in [2.75, 3.05) is 33.8 Å². The summed E-state index contributed by atoms with van der Waals surface area (Å²) in [5, 5.41) is 0.0254. The number of thiol groups is 1. The number of likely N-dealkylation sites (tertiary alicyclic amines) is 1. The van der Waals surface area contributed by atoms with E-state index in [0.717, 1.165) is 0 Å². The Hall–Kier alpha value is -1.01. The van der Waals surface area contributed by atoms with Crippen LogP contribution in [0.5, 0.6) is 0 Å². The molecular formula is C12H20N2O3S. The molecule has 1 heterocycles. The van der Waals surface area contributed by atoms with Crippen molar-refractivity contribution in [1.29, 1.82) is 0 Å². The number of hydrogen-bond donors (Lipinski definition) is 1. The summed E-state index contributed by atoms with van der Waals surface area (Å²) in [5.74, 6) is 0.0205. The minimum atomic E-state index is -0.469. The van der Waals surface area contributed by atoms with Gasteiger partial charge in [-0.3, -0.25) is 9.69 Å². The molecule has 1 rings (SSSR count). The number of hydrogen-bond acceptors (Lipinski definition) is 5. The molecule has 0 bridgehead atoms. The van der Waals surface area contributed by atoms with Crippen LogP contribution in [-0.4, -0.2) is 66.8 Å². The van der Waals surface area contributed by atoms with Gasteiger partial charge in [0.05, 0.1) is 12.6 Å². The maximum absolute atomic E-state index is 12.0. The van der Waals surface area contributed by atoms with E-state index in [-0.39, 0.29) is 17.6 Å². The van der Waals surface area contributed by atoms with Crippen molar-refractivity contribution in [2.45, 2.75) is 17.7 Å². The molecule has 1 saturated heterocycles. The van der Waals surface area contributed by atoms with Crippen LogP contribution in [-0.2, 0) is 9.53 Å². The number of ketones is 1. The second kappa shape index (κ2) is 6.80. The topological polar surface area (TPSA) is 49.9 Å². The lowest BCUT2D eigenvalue weighted by atomic mass is 10.1. The van der Waals surface area contributed by atoms with Gasteiger partial charge in [0.25, 0.3) is 0 Å². The van der Waals surface area contributed by atoms with Crippen LogP contribution in [0.1, 0.15) is 6.42 Å². The van der Waals surface area contributed by atoms with Crippen LogP contribution in [0.2, 0.25) is 0 Å². The largest absolute Gasteiger partial charge is 0.445 e. The molecule has 0 N–H and O–H groups in total. The van der Waals surface area contributed by atoms with Gasteiger partial charge < -0.3 is 9.64 Å². The summed E-state index contributed by atoms with van der Waals surface area (Å²) in [6.07, 6.45) is 1.62. The van der Waals surface area contributed by atoms with E-state index in [1.54, 1.807) is 4.90 Å². The number of carbonyl (C=O) groups excluding carboxylic acids is 2. The van der Waals surface area contributed by atoms with E-state index in [2.05, 4.69) is 19.2 Å². The van der Waals surface area contributed by atoms with Gasteiger partial charge in [0.2, 0.25) is 0 Å². The first-order chi connectivity index (χ1) is 8.45. The summed E-state index contributed by atoms with van der Waals surface area (Å²) >= 11 is 4.35. The predicted octanol–water partition coefficient (Wildman–Crippen LogP) is 0.812. The van der Waals surface area contributed by atoms with Crippen LogP contribution in [0.15, 0.2) is 12.7 Å². The highest BCUT2D eigenvalue weighted by atomic mass is 32.1. The Morgan fingerprint density at radius 3 is 2.78 bits per heavy atom. The van der Waals surface area contributed by atoms with Gasteiger partial charge in [0.15, 0.2) is 5.78 Å². The van der Waals surface area contributed by atoms with Crippen LogP contribution < -0.4 is 0 Å². The summed E-state index contributed by atoms with van der Waals surface area (Å²) in [7, 11) is 3.65. The fourth-order valence-corrected chi connectivity index (χ4v) is 2.33. The van der Waals surface area contributed by atoms with Crippen molar-refractivity contribution in [1.82, 2.24) is 9.80 Å². The molecule has 0 aliphatic carbocycles. The molecule has 18 heavy (non-hydrogen) atoms. The molecule has 6 heteroatoms. The Labute approximate surface area is 113 Å². The van der Waals surface area contributed by atoms with Crippen LogP contribution in [0, 0.1) is 0 Å². The minimum absolute atomic E-state index is 0.0205. The van der Waals surface area contributed by atoms with Gasteiger partial charge >= 0.3 is 6.09 Å². The van der Waals surface area contributed by atoms with Crippen molar-refractivity contribution in [3.63, 3.8) is 0 Å². The third-order valence-corrected chi connectivity index (χ3v) is 3.06. The molecule has 0 unspecified atom stereocenters. The molecule has 102 valence electrons. The number of amides is 1. The average molecular weight is 272 g/mol. The summed E-state index contributed by atoms with van der Waals surface area (Å²) in [6.45, 7) is 4.40. The highest BCUT2D eigenvalue weighted by molar-refractivity contribution is 7.81. The molecule has 2 atom stereocenters. The predicted molar refractivity (Wildman–Crippen MR) is 73.0 cm³/mol. The van der Waals surface area contributed by atoms with E-state index in [1.165, 1.54) is 11.0 Å². The first kappa shape index (κ1) is 15.0. The van der Waals surface area contributed by atoms with Gasteiger partial charge in [-0.15, -0.1) is 0 Å². The summed E-state index contributed by atoms with van der Waals surface area (Å²) in [6, 6.07) is -0.424. The Bertz CT molecular complexity index is 333. The van der Waals surface area contributed by atoms with Crippen molar-refractivity contribution in [3.05, 3.63) is 12.7 Å². The van der Waals surface area contributed by atoms with Crippen molar-refractivity contribution in [3.8, 4) is 0 Å². The molecule has 0 aromatic heterocycles. The Balaban J connectivity index is 2.66. The molecule has 1 aliphatic heterocycles. The monoisotopic (exact) mass is 272 g/mol. The summed E-state index contributed by atoms with van der Waals surface area (Å²) in [5.41, 5.74) is 0. The Morgan fingerprint density at radius 2 is 2.22 bits per heavy atom. The number of carbonyl (C=O) groups is 2. The lowest BCUT2D eigenvalue weighted by molar-refractivity contribution is -0.123. The second-order valence-electron chi connectivity index (χ2n) is 4.63. The van der Waals surface area contributed by atoms with Gasteiger partial charge in [-0.1, -0.05) is 12.7 Å².